The van der Waals surface area contributed by atoms with Crippen LogP contribution < -0.4 is 10.1 Å². The molecule has 0 aliphatic rings. The van der Waals surface area contributed by atoms with Gasteiger partial charge in [0.25, 0.3) is 0 Å². The van der Waals surface area contributed by atoms with Crippen molar-refractivity contribution in [3.8, 4) is 11.8 Å². The van der Waals surface area contributed by atoms with Gasteiger partial charge in [0.1, 0.15) is 11.7 Å². The number of rotatable bonds is 6. The fraction of sp³-hybridized carbons (Fsp3) is 0.467. The third-order valence-corrected chi connectivity index (χ3v) is 2.94. The molecule has 0 bridgehead atoms. The number of nitrogens with one attached hydrogen (secondary N) is 1. The maximum absolute atomic E-state index is 11.8. The highest BCUT2D eigenvalue weighted by Gasteiger charge is 2.20. The Morgan fingerprint density at radius 1 is 1.47 bits per heavy atom. The molecule has 1 aromatic rings. The van der Waals surface area contributed by atoms with E-state index in [1.807, 2.05) is 44.2 Å². The Hall–Kier alpha value is -2.02. The minimum absolute atomic E-state index is 0.0295. The number of nitriles is 1. The molecule has 0 saturated heterocycles. The summed E-state index contributed by atoms with van der Waals surface area (Å²) in [5, 5.41) is 11.7. The van der Waals surface area contributed by atoms with Crippen molar-refractivity contribution in [2.75, 3.05) is 13.7 Å². The second-order valence-electron chi connectivity index (χ2n) is 4.74. The molecule has 19 heavy (non-hydrogen) atoms. The van der Waals surface area contributed by atoms with Crippen LogP contribution in [0.25, 0.3) is 0 Å². The number of benzene rings is 1. The van der Waals surface area contributed by atoms with Gasteiger partial charge >= 0.3 is 0 Å². The van der Waals surface area contributed by atoms with Crippen LogP contribution in [0.4, 0.5) is 0 Å². The number of carbonyl (C=O) groups excluding carboxylic acids is 1. The molecule has 0 fully saturated rings. The van der Waals surface area contributed by atoms with Crippen molar-refractivity contribution in [2.24, 2.45) is 11.8 Å². The maximum atomic E-state index is 11.8. The van der Waals surface area contributed by atoms with Gasteiger partial charge in [0.15, 0.2) is 0 Å². The minimum Gasteiger partial charge on any atom is -0.497 e. The Bertz CT molecular complexity index is 463. The molecule has 0 aromatic heterocycles. The first kappa shape index (κ1) is 15.0. The van der Waals surface area contributed by atoms with Crippen LogP contribution in [0.1, 0.15) is 19.4 Å². The standard InChI is InChI=1S/C15H20N2O2/c1-11(2)14(10-16)15(18)17-8-7-12-5-4-6-13(9-12)19-3/h4-6,9,11,14H,7-8H2,1-3H3,(H,17,18). The first-order valence-electron chi connectivity index (χ1n) is 6.38. The molecule has 0 spiro atoms. The Labute approximate surface area is 114 Å². The van der Waals surface area contributed by atoms with Crippen LogP contribution in [0.5, 0.6) is 5.75 Å². The second kappa shape index (κ2) is 7.42. The van der Waals surface area contributed by atoms with Crippen LogP contribution in [-0.2, 0) is 11.2 Å². The highest BCUT2D eigenvalue weighted by atomic mass is 16.5. The number of ether oxygens (including phenoxy) is 1. The average molecular weight is 260 g/mol. The van der Waals surface area contributed by atoms with Crippen LogP contribution in [0, 0.1) is 23.2 Å². The van der Waals surface area contributed by atoms with E-state index >= 15 is 0 Å². The summed E-state index contributed by atoms with van der Waals surface area (Å²) in [6.45, 7) is 4.27. The van der Waals surface area contributed by atoms with Gasteiger partial charge in [-0.25, -0.2) is 0 Å². The summed E-state index contributed by atoms with van der Waals surface area (Å²) in [7, 11) is 1.63. The molecule has 0 heterocycles. The molecule has 0 aliphatic heterocycles. The summed E-state index contributed by atoms with van der Waals surface area (Å²) in [5.74, 6) is 0.0634. The predicted molar refractivity (Wildman–Crippen MR) is 73.6 cm³/mol. The van der Waals surface area contributed by atoms with Crippen molar-refractivity contribution in [3.05, 3.63) is 29.8 Å². The third kappa shape index (κ3) is 4.63. The fourth-order valence-electron chi connectivity index (χ4n) is 1.78. The first-order valence-corrected chi connectivity index (χ1v) is 6.38. The Morgan fingerprint density at radius 2 is 2.21 bits per heavy atom. The second-order valence-corrected chi connectivity index (χ2v) is 4.74. The molecule has 102 valence electrons. The van der Waals surface area contributed by atoms with Crippen LogP contribution in [0.15, 0.2) is 24.3 Å². The van der Waals surface area contributed by atoms with Crippen molar-refractivity contribution < 1.29 is 9.53 Å². The van der Waals surface area contributed by atoms with Crippen molar-refractivity contribution in [1.82, 2.24) is 5.32 Å². The van der Waals surface area contributed by atoms with Crippen LogP contribution in [0.3, 0.4) is 0 Å². The Balaban J connectivity index is 2.46. The van der Waals surface area contributed by atoms with Crippen LogP contribution >= 0.6 is 0 Å². The minimum atomic E-state index is -0.578. The number of methoxy groups -OCH3 is 1. The first-order chi connectivity index (χ1) is 9.08. The molecule has 4 nitrogen and oxygen atoms in total. The third-order valence-electron chi connectivity index (χ3n) is 2.94. The number of hydrogen-bond donors (Lipinski definition) is 1. The quantitative estimate of drug-likeness (QED) is 0.852. The summed E-state index contributed by atoms with van der Waals surface area (Å²) < 4.78 is 5.14. The van der Waals surface area contributed by atoms with Gasteiger partial charge in [-0.15, -0.1) is 0 Å². The van der Waals surface area contributed by atoms with E-state index in [0.717, 1.165) is 17.7 Å². The summed E-state index contributed by atoms with van der Waals surface area (Å²) in [5.41, 5.74) is 1.10. The smallest absolute Gasteiger partial charge is 0.237 e. The van der Waals surface area contributed by atoms with Crippen LogP contribution in [-0.4, -0.2) is 19.6 Å². The molecule has 1 aromatic carbocycles. The number of nitrogens with zero attached hydrogens (tertiary/aromatic N) is 1. The Kier molecular flexibility index (Phi) is 5.87. The highest BCUT2D eigenvalue weighted by Crippen LogP contribution is 2.13. The fourth-order valence-corrected chi connectivity index (χ4v) is 1.78. The summed E-state index contributed by atoms with van der Waals surface area (Å²) in [4.78, 5) is 11.8. The Morgan fingerprint density at radius 3 is 2.79 bits per heavy atom. The summed E-state index contributed by atoms with van der Waals surface area (Å²) >= 11 is 0. The van der Waals surface area contributed by atoms with Gasteiger partial charge in [-0.2, -0.15) is 5.26 Å². The topological polar surface area (TPSA) is 62.1 Å². The lowest BCUT2D eigenvalue weighted by Gasteiger charge is -2.13. The van der Waals surface area contributed by atoms with Crippen molar-refractivity contribution >= 4 is 5.91 Å². The number of amides is 1. The van der Waals surface area contributed by atoms with E-state index in [1.54, 1.807) is 7.11 Å². The van der Waals surface area contributed by atoms with Crippen LogP contribution in [0.2, 0.25) is 0 Å². The molecule has 4 heteroatoms. The predicted octanol–water partition coefficient (Wildman–Crippen LogP) is 2.15. The zero-order valence-corrected chi connectivity index (χ0v) is 11.6. The molecule has 0 aliphatic carbocycles. The van der Waals surface area contributed by atoms with Gasteiger partial charge in [0.05, 0.1) is 13.2 Å². The number of carbonyl (C=O) groups is 1. The molecule has 1 N–H and O–H groups in total. The molecule has 1 unspecified atom stereocenters. The maximum Gasteiger partial charge on any atom is 0.237 e. The lowest BCUT2D eigenvalue weighted by molar-refractivity contribution is -0.124. The average Bonchev–Trinajstić information content (AvgIpc) is 2.39. The van der Waals surface area contributed by atoms with Gasteiger partial charge < -0.3 is 10.1 Å². The molecule has 0 radical (unpaired) electrons. The van der Waals surface area contributed by atoms with E-state index in [4.69, 9.17) is 10.00 Å². The van der Waals surface area contributed by atoms with Crippen molar-refractivity contribution in [2.45, 2.75) is 20.3 Å². The van der Waals surface area contributed by atoms with E-state index in [1.165, 1.54) is 0 Å². The lowest BCUT2D eigenvalue weighted by Crippen LogP contribution is -2.34. The van der Waals surface area contributed by atoms with E-state index in [9.17, 15) is 4.79 Å². The van der Waals surface area contributed by atoms with Crippen molar-refractivity contribution in [3.63, 3.8) is 0 Å². The van der Waals surface area contributed by atoms with Gasteiger partial charge in [0.2, 0.25) is 5.91 Å². The highest BCUT2D eigenvalue weighted by molar-refractivity contribution is 5.81. The number of hydrogen-bond acceptors (Lipinski definition) is 3. The normalized spacial score (nSPS) is 11.7. The molecule has 0 saturated carbocycles. The van der Waals surface area contributed by atoms with Gasteiger partial charge in [-0.3, -0.25) is 4.79 Å². The van der Waals surface area contributed by atoms with Gasteiger partial charge in [-0.05, 0) is 30.0 Å². The zero-order chi connectivity index (χ0) is 14.3. The van der Waals surface area contributed by atoms with E-state index in [0.29, 0.717) is 6.54 Å². The van der Waals surface area contributed by atoms with Crippen molar-refractivity contribution in [1.29, 1.82) is 5.26 Å². The summed E-state index contributed by atoms with van der Waals surface area (Å²) in [6, 6.07) is 9.76. The van der Waals surface area contributed by atoms with E-state index in [-0.39, 0.29) is 11.8 Å². The molecule has 1 atom stereocenters. The van der Waals surface area contributed by atoms with E-state index in [2.05, 4.69) is 5.32 Å². The molecular formula is C15H20N2O2. The molecule has 1 amide bonds. The monoisotopic (exact) mass is 260 g/mol. The lowest BCUT2D eigenvalue weighted by atomic mass is 9.96. The van der Waals surface area contributed by atoms with Gasteiger partial charge in [-0.1, -0.05) is 26.0 Å². The largest absolute Gasteiger partial charge is 0.497 e. The molecular weight excluding hydrogens is 240 g/mol. The SMILES string of the molecule is COc1cccc(CCNC(=O)C(C#N)C(C)C)c1. The zero-order valence-electron chi connectivity index (χ0n) is 11.6. The van der Waals surface area contributed by atoms with Gasteiger partial charge in [0, 0.05) is 6.54 Å². The van der Waals surface area contributed by atoms with E-state index < -0.39 is 5.92 Å². The molecule has 1 rings (SSSR count). The summed E-state index contributed by atoms with van der Waals surface area (Å²) in [6.07, 6.45) is 0.721.